The van der Waals surface area contributed by atoms with Gasteiger partial charge >= 0.3 is 0 Å². The number of rotatable bonds is 1. The Morgan fingerprint density at radius 1 is 1.23 bits per heavy atom. The smallest absolute Gasteiger partial charge is 0.0132 e. The molecule has 0 fully saturated rings. The predicted molar refractivity (Wildman–Crippen MR) is 60.0 cm³/mol. The number of aryl methyl sites for hydroxylation is 1. The van der Waals surface area contributed by atoms with Gasteiger partial charge in [-0.3, -0.25) is 0 Å². The zero-order valence-corrected chi connectivity index (χ0v) is 9.02. The molecular formula is C13H18. The maximum Gasteiger partial charge on any atom is -0.0132 e. The lowest BCUT2D eigenvalue weighted by Gasteiger charge is -2.20. The van der Waals surface area contributed by atoms with E-state index in [0.29, 0.717) is 0 Å². The summed E-state index contributed by atoms with van der Waals surface area (Å²) in [6.45, 7) is 12.6. The molecule has 0 amide bonds. The normalized spacial score (nSPS) is 11.4. The van der Waals surface area contributed by atoms with Crippen LogP contribution in [0.2, 0.25) is 0 Å². The summed E-state index contributed by atoms with van der Waals surface area (Å²) in [5.41, 5.74) is 4.16. The van der Waals surface area contributed by atoms with Gasteiger partial charge in [-0.1, -0.05) is 51.6 Å². The molecule has 0 saturated heterocycles. The van der Waals surface area contributed by atoms with Gasteiger partial charge in [0.25, 0.3) is 0 Å². The minimum Gasteiger partial charge on any atom is -0.0985 e. The summed E-state index contributed by atoms with van der Waals surface area (Å²) in [6.07, 6.45) is 1.90. The van der Waals surface area contributed by atoms with Gasteiger partial charge < -0.3 is 0 Å². The van der Waals surface area contributed by atoms with Crippen molar-refractivity contribution in [3.63, 3.8) is 0 Å². The van der Waals surface area contributed by atoms with Crippen molar-refractivity contribution in [1.82, 2.24) is 0 Å². The SMILES string of the molecule is C=Cc1ccc(C(C)(C)C)cc1C. The summed E-state index contributed by atoms with van der Waals surface area (Å²) in [7, 11) is 0. The third kappa shape index (κ3) is 2.21. The van der Waals surface area contributed by atoms with Gasteiger partial charge in [0.1, 0.15) is 0 Å². The van der Waals surface area contributed by atoms with Gasteiger partial charge in [0, 0.05) is 0 Å². The van der Waals surface area contributed by atoms with Crippen LogP contribution < -0.4 is 0 Å². The van der Waals surface area contributed by atoms with Gasteiger partial charge in [-0.25, -0.2) is 0 Å². The van der Waals surface area contributed by atoms with Crippen molar-refractivity contribution in [1.29, 1.82) is 0 Å². The summed E-state index contributed by atoms with van der Waals surface area (Å²) in [4.78, 5) is 0. The summed E-state index contributed by atoms with van der Waals surface area (Å²) in [5, 5.41) is 0. The first kappa shape index (κ1) is 10.0. The Hall–Kier alpha value is -1.04. The largest absolute Gasteiger partial charge is 0.0985 e. The molecule has 0 atom stereocenters. The van der Waals surface area contributed by atoms with Gasteiger partial charge in [-0.05, 0) is 29.0 Å². The van der Waals surface area contributed by atoms with E-state index in [2.05, 4.69) is 52.5 Å². The second-order valence-electron chi connectivity index (χ2n) is 4.53. The van der Waals surface area contributed by atoms with E-state index in [0.717, 1.165) is 0 Å². The first-order chi connectivity index (χ1) is 5.95. The van der Waals surface area contributed by atoms with E-state index in [4.69, 9.17) is 0 Å². The highest BCUT2D eigenvalue weighted by molar-refractivity contribution is 5.52. The minimum atomic E-state index is 0.241. The molecule has 1 rings (SSSR count). The highest BCUT2D eigenvalue weighted by Gasteiger charge is 2.13. The van der Waals surface area contributed by atoms with Crippen molar-refractivity contribution >= 4 is 6.08 Å². The van der Waals surface area contributed by atoms with Crippen LogP contribution in [0, 0.1) is 6.92 Å². The molecule has 0 saturated carbocycles. The molecule has 0 N–H and O–H groups in total. The lowest BCUT2D eigenvalue weighted by Crippen LogP contribution is -2.11. The molecule has 0 heteroatoms. The van der Waals surface area contributed by atoms with Crippen molar-refractivity contribution in [3.8, 4) is 0 Å². The fourth-order valence-electron chi connectivity index (χ4n) is 1.37. The van der Waals surface area contributed by atoms with Crippen LogP contribution in [0.15, 0.2) is 24.8 Å². The summed E-state index contributed by atoms with van der Waals surface area (Å²) in [5.74, 6) is 0. The third-order valence-corrected chi connectivity index (χ3v) is 2.36. The zero-order chi connectivity index (χ0) is 10.1. The molecule has 0 spiro atoms. The van der Waals surface area contributed by atoms with Gasteiger partial charge in [-0.15, -0.1) is 0 Å². The van der Waals surface area contributed by atoms with Crippen LogP contribution in [0.25, 0.3) is 6.08 Å². The molecule has 0 unspecified atom stereocenters. The third-order valence-electron chi connectivity index (χ3n) is 2.36. The number of hydrogen-bond acceptors (Lipinski definition) is 0. The van der Waals surface area contributed by atoms with Crippen LogP contribution in [0.5, 0.6) is 0 Å². The van der Waals surface area contributed by atoms with Crippen molar-refractivity contribution in [2.24, 2.45) is 0 Å². The van der Waals surface area contributed by atoms with Crippen LogP contribution in [-0.2, 0) is 5.41 Å². The summed E-state index contributed by atoms with van der Waals surface area (Å²) < 4.78 is 0. The Bertz CT molecular complexity index is 313. The van der Waals surface area contributed by atoms with Crippen molar-refractivity contribution in [2.45, 2.75) is 33.1 Å². The highest BCUT2D eigenvalue weighted by Crippen LogP contribution is 2.24. The summed E-state index contributed by atoms with van der Waals surface area (Å²) >= 11 is 0. The van der Waals surface area contributed by atoms with Gasteiger partial charge in [-0.2, -0.15) is 0 Å². The van der Waals surface area contributed by atoms with Crippen molar-refractivity contribution in [3.05, 3.63) is 41.5 Å². The van der Waals surface area contributed by atoms with Gasteiger partial charge in [0.2, 0.25) is 0 Å². The number of benzene rings is 1. The highest BCUT2D eigenvalue weighted by atomic mass is 14.2. The van der Waals surface area contributed by atoms with Gasteiger partial charge in [0.15, 0.2) is 0 Å². The molecule has 0 radical (unpaired) electrons. The lowest BCUT2D eigenvalue weighted by molar-refractivity contribution is 0.589. The fraction of sp³-hybridized carbons (Fsp3) is 0.385. The molecule has 70 valence electrons. The quantitative estimate of drug-likeness (QED) is 0.605. The maximum atomic E-state index is 3.78. The van der Waals surface area contributed by atoms with Crippen LogP contribution in [0.4, 0.5) is 0 Å². The maximum absolute atomic E-state index is 3.78. The Morgan fingerprint density at radius 2 is 1.85 bits per heavy atom. The standard InChI is InChI=1S/C13H18/c1-6-11-7-8-12(9-10(11)2)13(3,4)5/h6-9H,1H2,2-5H3. The van der Waals surface area contributed by atoms with Gasteiger partial charge in [0.05, 0.1) is 0 Å². The molecule has 0 heterocycles. The van der Waals surface area contributed by atoms with E-state index in [1.54, 1.807) is 0 Å². The lowest BCUT2D eigenvalue weighted by atomic mass is 9.85. The molecule has 0 aromatic heterocycles. The van der Waals surface area contributed by atoms with Crippen LogP contribution >= 0.6 is 0 Å². The molecule has 0 aliphatic heterocycles. The van der Waals surface area contributed by atoms with Crippen LogP contribution in [0.3, 0.4) is 0 Å². The molecule has 0 aliphatic rings. The molecule has 0 aliphatic carbocycles. The van der Waals surface area contributed by atoms with E-state index >= 15 is 0 Å². The molecular weight excluding hydrogens is 156 g/mol. The summed E-state index contributed by atoms with van der Waals surface area (Å²) in [6, 6.07) is 6.57. The van der Waals surface area contributed by atoms with Crippen molar-refractivity contribution in [2.75, 3.05) is 0 Å². The molecule has 0 bridgehead atoms. The Kier molecular flexibility index (Phi) is 2.60. The van der Waals surface area contributed by atoms with Crippen molar-refractivity contribution < 1.29 is 0 Å². The molecule has 1 aromatic rings. The zero-order valence-electron chi connectivity index (χ0n) is 9.02. The van der Waals surface area contributed by atoms with E-state index in [1.165, 1.54) is 16.7 Å². The monoisotopic (exact) mass is 174 g/mol. The molecule has 1 aromatic carbocycles. The van der Waals surface area contributed by atoms with E-state index in [1.807, 2.05) is 6.08 Å². The Morgan fingerprint density at radius 3 is 2.23 bits per heavy atom. The van der Waals surface area contributed by atoms with E-state index < -0.39 is 0 Å². The second-order valence-corrected chi connectivity index (χ2v) is 4.53. The number of hydrogen-bond donors (Lipinski definition) is 0. The average molecular weight is 174 g/mol. The average Bonchev–Trinajstić information content (AvgIpc) is 2.02. The first-order valence-corrected chi connectivity index (χ1v) is 4.68. The topological polar surface area (TPSA) is 0 Å². The fourth-order valence-corrected chi connectivity index (χ4v) is 1.37. The Balaban J connectivity index is 3.17. The minimum absolute atomic E-state index is 0.241. The van der Waals surface area contributed by atoms with E-state index in [9.17, 15) is 0 Å². The molecule has 0 nitrogen and oxygen atoms in total. The van der Waals surface area contributed by atoms with E-state index in [-0.39, 0.29) is 5.41 Å². The predicted octanol–water partition coefficient (Wildman–Crippen LogP) is 3.94. The van der Waals surface area contributed by atoms with Crippen LogP contribution in [0.1, 0.15) is 37.5 Å². The molecule has 13 heavy (non-hydrogen) atoms. The second kappa shape index (κ2) is 3.37. The van der Waals surface area contributed by atoms with Crippen LogP contribution in [-0.4, -0.2) is 0 Å². The first-order valence-electron chi connectivity index (χ1n) is 4.68. The Labute approximate surface area is 81.3 Å².